The third-order valence-electron chi connectivity index (χ3n) is 7.26. The lowest BCUT2D eigenvalue weighted by Gasteiger charge is -2.36. The average molecular weight is 449 g/mol. The van der Waals surface area contributed by atoms with E-state index in [1.165, 1.54) is 18.4 Å². The molecule has 4 heterocycles. The van der Waals surface area contributed by atoms with Crippen molar-refractivity contribution in [3.63, 3.8) is 0 Å². The lowest BCUT2D eigenvalue weighted by Crippen LogP contribution is -2.51. The summed E-state index contributed by atoms with van der Waals surface area (Å²) >= 11 is 0. The van der Waals surface area contributed by atoms with Gasteiger partial charge in [0.15, 0.2) is 0 Å². The molecule has 8 heteroatoms. The number of carbonyl (C=O) groups is 2. The van der Waals surface area contributed by atoms with E-state index in [2.05, 4.69) is 32.8 Å². The van der Waals surface area contributed by atoms with E-state index < -0.39 is 0 Å². The summed E-state index contributed by atoms with van der Waals surface area (Å²) in [5.41, 5.74) is 3.25. The molecule has 5 rings (SSSR count). The first-order valence-electron chi connectivity index (χ1n) is 12.0. The summed E-state index contributed by atoms with van der Waals surface area (Å²) < 4.78 is 0. The van der Waals surface area contributed by atoms with Crippen molar-refractivity contribution in [1.29, 1.82) is 0 Å². The molecule has 2 amide bonds. The third kappa shape index (κ3) is 4.38. The lowest BCUT2D eigenvalue weighted by molar-refractivity contribution is -0.136. The van der Waals surface area contributed by atoms with E-state index in [-0.39, 0.29) is 24.2 Å². The van der Waals surface area contributed by atoms with E-state index in [0.717, 1.165) is 49.1 Å². The van der Waals surface area contributed by atoms with Crippen molar-refractivity contribution in [3.05, 3.63) is 41.7 Å². The number of aromatic nitrogens is 2. The van der Waals surface area contributed by atoms with Gasteiger partial charge in [0.1, 0.15) is 18.0 Å². The van der Waals surface area contributed by atoms with E-state index >= 15 is 0 Å². The van der Waals surface area contributed by atoms with Crippen LogP contribution in [0, 0.1) is 19.8 Å². The highest BCUT2D eigenvalue weighted by Crippen LogP contribution is 2.29. The molecule has 1 aromatic heterocycles. The molecule has 8 nitrogen and oxygen atoms in total. The maximum atomic E-state index is 13.2. The number of hydrogen-bond donors (Lipinski definition) is 0. The third-order valence-corrected chi connectivity index (χ3v) is 7.26. The quantitative estimate of drug-likeness (QED) is 0.715. The molecular weight excluding hydrogens is 416 g/mol. The molecule has 3 fully saturated rings. The van der Waals surface area contributed by atoms with Gasteiger partial charge in [-0.2, -0.15) is 0 Å². The van der Waals surface area contributed by atoms with Crippen LogP contribution in [0.25, 0.3) is 0 Å². The molecule has 2 aromatic rings. The Kier molecular flexibility index (Phi) is 5.91. The van der Waals surface area contributed by atoms with Crippen LogP contribution in [0.2, 0.25) is 0 Å². The smallest absolute Gasteiger partial charge is 0.228 e. The zero-order valence-electron chi connectivity index (χ0n) is 19.5. The first-order valence-corrected chi connectivity index (χ1v) is 12.0. The van der Waals surface area contributed by atoms with Crippen molar-refractivity contribution in [3.8, 4) is 0 Å². The standard InChI is InChI=1S/C25H32N6O2/c1-18-5-6-21(13-19(18)2)31-16-20(14-24(31)32)25(33)30-11-9-29(10-12-30)23-15-22(26-17-27-23)28-7-3-4-8-28/h5-6,13,15,17,20H,3-4,7-12,14,16H2,1-2H3. The SMILES string of the molecule is Cc1ccc(N2CC(C(=O)N3CCN(c4cc(N5CCCC5)ncn4)CC3)CC2=O)cc1C. The van der Waals surface area contributed by atoms with Crippen LogP contribution < -0.4 is 14.7 Å². The van der Waals surface area contributed by atoms with Gasteiger partial charge in [0, 0.05) is 64.0 Å². The Morgan fingerprint density at radius 2 is 1.55 bits per heavy atom. The first kappa shape index (κ1) is 21.7. The van der Waals surface area contributed by atoms with Crippen LogP contribution in [0.5, 0.6) is 0 Å². The fraction of sp³-hybridized carbons (Fsp3) is 0.520. The van der Waals surface area contributed by atoms with Gasteiger partial charge in [-0.05, 0) is 49.9 Å². The van der Waals surface area contributed by atoms with Gasteiger partial charge in [-0.3, -0.25) is 9.59 Å². The van der Waals surface area contributed by atoms with Crippen LogP contribution in [-0.2, 0) is 9.59 Å². The van der Waals surface area contributed by atoms with Crippen LogP contribution >= 0.6 is 0 Å². The number of hydrogen-bond acceptors (Lipinski definition) is 6. The molecular formula is C25H32N6O2. The van der Waals surface area contributed by atoms with Gasteiger partial charge in [0.25, 0.3) is 0 Å². The molecule has 3 aliphatic heterocycles. The number of amides is 2. The summed E-state index contributed by atoms with van der Waals surface area (Å²) in [7, 11) is 0. The Bertz CT molecular complexity index is 1040. The van der Waals surface area contributed by atoms with Crippen molar-refractivity contribution in [2.24, 2.45) is 5.92 Å². The summed E-state index contributed by atoms with van der Waals surface area (Å²) in [6, 6.07) is 8.12. The zero-order valence-corrected chi connectivity index (χ0v) is 19.5. The van der Waals surface area contributed by atoms with Gasteiger partial charge < -0.3 is 19.6 Å². The number of rotatable bonds is 4. The number of benzene rings is 1. The van der Waals surface area contributed by atoms with Gasteiger partial charge in [-0.25, -0.2) is 9.97 Å². The van der Waals surface area contributed by atoms with E-state index in [1.807, 2.05) is 30.0 Å². The van der Waals surface area contributed by atoms with Crippen LogP contribution in [-0.4, -0.2) is 72.5 Å². The highest BCUT2D eigenvalue weighted by atomic mass is 16.2. The van der Waals surface area contributed by atoms with Crippen LogP contribution in [0.3, 0.4) is 0 Å². The minimum atomic E-state index is -0.272. The van der Waals surface area contributed by atoms with Gasteiger partial charge in [-0.15, -0.1) is 0 Å². The molecule has 0 spiro atoms. The summed E-state index contributed by atoms with van der Waals surface area (Å²) in [5, 5.41) is 0. The largest absolute Gasteiger partial charge is 0.356 e. The molecule has 0 saturated carbocycles. The van der Waals surface area contributed by atoms with Gasteiger partial charge >= 0.3 is 0 Å². The van der Waals surface area contributed by atoms with Crippen molar-refractivity contribution >= 4 is 29.1 Å². The second kappa shape index (κ2) is 9.00. The Hall–Kier alpha value is -3.16. The second-order valence-corrected chi connectivity index (χ2v) is 9.41. The molecule has 3 saturated heterocycles. The summed E-state index contributed by atoms with van der Waals surface area (Å²) in [5.74, 6) is 1.77. The molecule has 174 valence electrons. The van der Waals surface area contributed by atoms with Gasteiger partial charge in [0.2, 0.25) is 11.8 Å². The molecule has 33 heavy (non-hydrogen) atoms. The fourth-order valence-electron chi connectivity index (χ4n) is 5.06. The van der Waals surface area contributed by atoms with Crippen molar-refractivity contribution < 1.29 is 9.59 Å². The predicted octanol–water partition coefficient (Wildman–Crippen LogP) is 2.40. The molecule has 3 aliphatic rings. The number of anilines is 3. The number of piperazine rings is 1. The van der Waals surface area contributed by atoms with Gasteiger partial charge in [0.05, 0.1) is 5.92 Å². The molecule has 1 atom stereocenters. The Morgan fingerprint density at radius 3 is 2.21 bits per heavy atom. The maximum Gasteiger partial charge on any atom is 0.228 e. The summed E-state index contributed by atoms with van der Waals surface area (Å²) in [6.07, 6.45) is 4.36. The number of carbonyl (C=O) groups excluding carboxylic acids is 2. The molecule has 0 radical (unpaired) electrons. The highest BCUT2D eigenvalue weighted by molar-refractivity contribution is 6.00. The Morgan fingerprint density at radius 1 is 0.879 bits per heavy atom. The molecule has 0 N–H and O–H groups in total. The number of nitrogens with zero attached hydrogens (tertiary/aromatic N) is 6. The Labute approximate surface area is 195 Å². The van der Waals surface area contributed by atoms with Crippen molar-refractivity contribution in [2.75, 3.05) is 60.5 Å². The highest BCUT2D eigenvalue weighted by Gasteiger charge is 2.38. The first-order chi connectivity index (χ1) is 16.0. The zero-order chi connectivity index (χ0) is 22.9. The summed E-state index contributed by atoms with van der Waals surface area (Å²) in [6.45, 7) is 9.46. The normalized spacial score (nSPS) is 21.3. The van der Waals surface area contributed by atoms with Crippen molar-refractivity contribution in [2.45, 2.75) is 33.1 Å². The average Bonchev–Trinajstić information content (AvgIpc) is 3.51. The summed E-state index contributed by atoms with van der Waals surface area (Å²) in [4.78, 5) is 43.0. The predicted molar refractivity (Wildman–Crippen MR) is 129 cm³/mol. The Balaban J connectivity index is 1.19. The van der Waals surface area contributed by atoms with Crippen LogP contribution in [0.1, 0.15) is 30.4 Å². The van der Waals surface area contributed by atoms with E-state index in [9.17, 15) is 9.59 Å². The molecule has 1 unspecified atom stereocenters. The van der Waals surface area contributed by atoms with E-state index in [0.29, 0.717) is 19.6 Å². The number of aryl methyl sites for hydroxylation is 2. The maximum absolute atomic E-state index is 13.2. The van der Waals surface area contributed by atoms with Crippen LogP contribution in [0.15, 0.2) is 30.6 Å². The molecule has 0 bridgehead atoms. The monoisotopic (exact) mass is 448 g/mol. The second-order valence-electron chi connectivity index (χ2n) is 9.41. The topological polar surface area (TPSA) is 72.9 Å². The van der Waals surface area contributed by atoms with Crippen LogP contribution in [0.4, 0.5) is 17.3 Å². The lowest BCUT2D eigenvalue weighted by atomic mass is 10.1. The minimum Gasteiger partial charge on any atom is -0.356 e. The molecule has 0 aliphatic carbocycles. The fourth-order valence-corrected chi connectivity index (χ4v) is 5.06. The minimum absolute atomic E-state index is 0.0330. The van der Waals surface area contributed by atoms with E-state index in [1.54, 1.807) is 11.2 Å². The van der Waals surface area contributed by atoms with Gasteiger partial charge in [-0.1, -0.05) is 6.07 Å². The van der Waals surface area contributed by atoms with Crippen molar-refractivity contribution in [1.82, 2.24) is 14.9 Å². The van der Waals surface area contributed by atoms with E-state index in [4.69, 9.17) is 0 Å². The molecule has 1 aromatic carbocycles.